The number of carbonyl (C=O) groups excluding carboxylic acids is 1. The Morgan fingerprint density at radius 1 is 0.553 bits per heavy atom. The maximum atomic E-state index is 11.4. The van der Waals surface area contributed by atoms with Crippen LogP contribution in [0.15, 0.2) is 109 Å². The maximum Gasteiger partial charge on any atom is 0.333 e. The molecule has 0 radical (unpaired) electrons. The zero-order valence-electron chi connectivity index (χ0n) is 27.6. The predicted octanol–water partition coefficient (Wildman–Crippen LogP) is 10.00. The van der Waals surface area contributed by atoms with Crippen molar-refractivity contribution in [2.24, 2.45) is 0 Å². The second kappa shape index (κ2) is 20.3. The Kier molecular flexibility index (Phi) is 15.1. The molecule has 4 rings (SSSR count). The van der Waals surface area contributed by atoms with Gasteiger partial charge in [0.1, 0.15) is 17.2 Å². The van der Waals surface area contributed by atoms with Crippen molar-refractivity contribution in [2.75, 3.05) is 26.4 Å². The monoisotopic (exact) mass is 633 g/mol. The highest BCUT2D eigenvalue weighted by molar-refractivity contribution is 5.86. The van der Waals surface area contributed by atoms with Crippen LogP contribution in [0.4, 0.5) is 0 Å². The zero-order valence-corrected chi connectivity index (χ0v) is 27.6. The van der Waals surface area contributed by atoms with E-state index in [-0.39, 0.29) is 5.97 Å². The Labute approximate surface area is 280 Å². The summed E-state index contributed by atoms with van der Waals surface area (Å²) >= 11 is 0. The van der Waals surface area contributed by atoms with Gasteiger partial charge in [0.2, 0.25) is 0 Å². The smallest absolute Gasteiger partial charge is 0.333 e. The van der Waals surface area contributed by atoms with Crippen molar-refractivity contribution in [2.45, 2.75) is 58.3 Å². The Bertz CT molecular complexity index is 1500. The van der Waals surface area contributed by atoms with E-state index in [1.54, 1.807) is 19.3 Å². The van der Waals surface area contributed by atoms with Gasteiger partial charge in [0, 0.05) is 18.0 Å². The highest BCUT2D eigenvalue weighted by Gasteiger charge is 2.03. The summed E-state index contributed by atoms with van der Waals surface area (Å²) in [6, 6.07) is 28.6. The molecule has 0 N–H and O–H groups in total. The molecule has 0 atom stereocenters. The first kappa shape index (κ1) is 35.0. The second-order valence-corrected chi connectivity index (χ2v) is 11.5. The van der Waals surface area contributed by atoms with Gasteiger partial charge in [-0.3, -0.25) is 4.98 Å². The van der Waals surface area contributed by atoms with Gasteiger partial charge >= 0.3 is 5.97 Å². The van der Waals surface area contributed by atoms with Crippen LogP contribution in [-0.4, -0.2) is 37.4 Å². The van der Waals surface area contributed by atoms with E-state index >= 15 is 0 Å². The van der Waals surface area contributed by atoms with Crippen LogP contribution in [0, 0.1) is 0 Å². The predicted molar refractivity (Wildman–Crippen MR) is 191 cm³/mol. The summed E-state index contributed by atoms with van der Waals surface area (Å²) in [5, 5.41) is 0. The Balaban J connectivity index is 1.02. The number of ether oxygens (including phenoxy) is 4. The van der Waals surface area contributed by atoms with Crippen LogP contribution < -0.4 is 14.2 Å². The van der Waals surface area contributed by atoms with Crippen molar-refractivity contribution < 1.29 is 23.7 Å². The standard InChI is InChI=1S/C41H47NO5/c1-33(2)41(43)47-32-10-6-5-9-31-46-40-23-17-37(18-24-40)36-15-21-39(22-16-36)45-30-8-4-3-7-29-44-38-19-13-34(14-20-38)11-12-35-25-27-42-28-26-35/h11-28H,1,3-10,29-32H2,2H3. The number of benzene rings is 3. The third kappa shape index (κ3) is 13.6. The van der Waals surface area contributed by atoms with Gasteiger partial charge in [-0.1, -0.05) is 55.1 Å². The molecule has 47 heavy (non-hydrogen) atoms. The lowest BCUT2D eigenvalue weighted by Gasteiger charge is -2.09. The summed E-state index contributed by atoms with van der Waals surface area (Å²) in [7, 11) is 0. The lowest BCUT2D eigenvalue weighted by molar-refractivity contribution is -0.139. The molecule has 3 aromatic carbocycles. The first-order valence-corrected chi connectivity index (χ1v) is 16.7. The molecule has 0 aliphatic rings. The van der Waals surface area contributed by atoms with Crippen LogP contribution >= 0.6 is 0 Å². The molecule has 1 heterocycles. The van der Waals surface area contributed by atoms with Gasteiger partial charge < -0.3 is 18.9 Å². The summed E-state index contributed by atoms with van der Waals surface area (Å²) in [5.41, 5.74) is 5.00. The number of pyridine rings is 1. The number of hydrogen-bond donors (Lipinski definition) is 0. The third-order valence-electron chi connectivity index (χ3n) is 7.56. The molecular weight excluding hydrogens is 586 g/mol. The zero-order chi connectivity index (χ0) is 32.9. The molecule has 0 amide bonds. The quantitative estimate of drug-likeness (QED) is 0.0517. The molecule has 0 saturated carbocycles. The van der Waals surface area contributed by atoms with Gasteiger partial charge in [-0.25, -0.2) is 4.79 Å². The topological polar surface area (TPSA) is 66.9 Å². The number of aromatic nitrogens is 1. The normalized spacial score (nSPS) is 10.9. The van der Waals surface area contributed by atoms with Crippen molar-refractivity contribution in [1.82, 2.24) is 4.98 Å². The fourth-order valence-electron chi connectivity index (χ4n) is 4.80. The van der Waals surface area contributed by atoms with Crippen LogP contribution in [0.2, 0.25) is 0 Å². The van der Waals surface area contributed by atoms with E-state index in [0.29, 0.717) is 25.4 Å². The van der Waals surface area contributed by atoms with Crippen molar-refractivity contribution in [3.8, 4) is 28.4 Å². The van der Waals surface area contributed by atoms with Crippen molar-refractivity contribution >= 4 is 18.1 Å². The Morgan fingerprint density at radius 2 is 0.936 bits per heavy atom. The molecule has 0 bridgehead atoms. The Morgan fingerprint density at radius 3 is 1.36 bits per heavy atom. The molecule has 0 unspecified atom stereocenters. The van der Waals surface area contributed by atoms with Gasteiger partial charge in [0.05, 0.1) is 26.4 Å². The van der Waals surface area contributed by atoms with Crippen molar-refractivity contribution in [3.63, 3.8) is 0 Å². The molecule has 0 spiro atoms. The van der Waals surface area contributed by atoms with E-state index < -0.39 is 0 Å². The fourth-order valence-corrected chi connectivity index (χ4v) is 4.80. The summed E-state index contributed by atoms with van der Waals surface area (Å²) in [6.45, 7) is 7.80. The minimum atomic E-state index is -0.313. The number of unbranched alkanes of at least 4 members (excludes halogenated alkanes) is 6. The first-order chi connectivity index (χ1) is 23.1. The molecule has 0 saturated heterocycles. The van der Waals surface area contributed by atoms with E-state index in [1.807, 2.05) is 48.5 Å². The average Bonchev–Trinajstić information content (AvgIpc) is 3.11. The molecule has 6 nitrogen and oxygen atoms in total. The molecule has 0 fully saturated rings. The summed E-state index contributed by atoms with van der Waals surface area (Å²) in [4.78, 5) is 15.4. The third-order valence-corrected chi connectivity index (χ3v) is 7.56. The largest absolute Gasteiger partial charge is 0.494 e. The number of esters is 1. The second-order valence-electron chi connectivity index (χ2n) is 11.5. The average molecular weight is 634 g/mol. The van der Waals surface area contributed by atoms with E-state index in [9.17, 15) is 4.79 Å². The number of hydrogen-bond acceptors (Lipinski definition) is 6. The summed E-state index contributed by atoms with van der Waals surface area (Å²) in [5.74, 6) is 2.36. The van der Waals surface area contributed by atoms with Crippen LogP contribution in [0.5, 0.6) is 17.2 Å². The van der Waals surface area contributed by atoms with E-state index in [2.05, 4.69) is 60.1 Å². The molecule has 1 aromatic heterocycles. The number of rotatable bonds is 21. The Hall–Kier alpha value is -4.84. The van der Waals surface area contributed by atoms with Crippen LogP contribution in [-0.2, 0) is 9.53 Å². The lowest BCUT2D eigenvalue weighted by Crippen LogP contribution is -2.06. The summed E-state index contributed by atoms with van der Waals surface area (Å²) in [6.07, 6.45) is 15.9. The number of nitrogens with zero attached hydrogens (tertiary/aromatic N) is 1. The van der Waals surface area contributed by atoms with E-state index in [0.717, 1.165) is 97.5 Å². The van der Waals surface area contributed by atoms with Gasteiger partial charge in [0.15, 0.2) is 0 Å². The van der Waals surface area contributed by atoms with Crippen LogP contribution in [0.3, 0.4) is 0 Å². The van der Waals surface area contributed by atoms with E-state index in [4.69, 9.17) is 18.9 Å². The number of carbonyl (C=O) groups is 1. The van der Waals surface area contributed by atoms with Crippen LogP contribution in [0.25, 0.3) is 23.3 Å². The van der Waals surface area contributed by atoms with Crippen molar-refractivity contribution in [3.05, 3.63) is 121 Å². The first-order valence-electron chi connectivity index (χ1n) is 16.7. The van der Waals surface area contributed by atoms with Gasteiger partial charge in [-0.2, -0.15) is 0 Å². The van der Waals surface area contributed by atoms with Crippen LogP contribution in [0.1, 0.15) is 69.4 Å². The minimum Gasteiger partial charge on any atom is -0.494 e. The highest BCUT2D eigenvalue weighted by atomic mass is 16.5. The molecule has 4 aromatic rings. The lowest BCUT2D eigenvalue weighted by atomic mass is 10.1. The molecule has 6 heteroatoms. The fraction of sp³-hybridized carbons (Fsp3) is 0.317. The highest BCUT2D eigenvalue weighted by Crippen LogP contribution is 2.25. The minimum absolute atomic E-state index is 0.313. The maximum absolute atomic E-state index is 11.4. The molecular formula is C41H47NO5. The molecule has 246 valence electrons. The molecule has 0 aliphatic carbocycles. The van der Waals surface area contributed by atoms with Gasteiger partial charge in [-0.05, 0) is 129 Å². The molecule has 0 aliphatic heterocycles. The summed E-state index contributed by atoms with van der Waals surface area (Å²) < 4.78 is 22.9. The van der Waals surface area contributed by atoms with E-state index in [1.165, 1.54) is 0 Å². The SMILES string of the molecule is C=C(C)C(=O)OCCCCCCOc1ccc(-c2ccc(OCCCCCCOc3ccc(C=Cc4ccncc4)cc3)cc2)cc1. The van der Waals surface area contributed by atoms with Gasteiger partial charge in [0.25, 0.3) is 0 Å². The van der Waals surface area contributed by atoms with Gasteiger partial charge in [-0.15, -0.1) is 0 Å². The van der Waals surface area contributed by atoms with Crippen molar-refractivity contribution in [1.29, 1.82) is 0 Å².